The summed E-state index contributed by atoms with van der Waals surface area (Å²) in [6, 6.07) is 25.3. The minimum Gasteiger partial charge on any atom is -0.370 e. The molecule has 0 amide bonds. The molecule has 3 unspecified atom stereocenters. The van der Waals surface area contributed by atoms with E-state index in [0.717, 1.165) is 25.1 Å². The van der Waals surface area contributed by atoms with Gasteiger partial charge in [0.15, 0.2) is 11.6 Å². The number of hydrogen-bond acceptors (Lipinski definition) is 12. The lowest BCUT2D eigenvalue weighted by Gasteiger charge is -2.42. The Morgan fingerprint density at radius 1 is 0.717 bits per heavy atom. The summed E-state index contributed by atoms with van der Waals surface area (Å²) in [5.41, 5.74) is 7.03. The first-order chi connectivity index (χ1) is 28.9. The number of rotatable bonds is 11. The normalized spacial score (nSPS) is 19.9. The fraction of sp³-hybridized carbons (Fsp3) is 0.286. The third-order valence-corrected chi connectivity index (χ3v) is 15.5. The fourth-order valence-corrected chi connectivity index (χ4v) is 12.1. The Balaban J connectivity index is 1.21. The number of halogens is 2. The van der Waals surface area contributed by atoms with Gasteiger partial charge in [-0.1, -0.05) is 60.7 Å². The van der Waals surface area contributed by atoms with Crippen LogP contribution in [0.2, 0.25) is 0 Å². The van der Waals surface area contributed by atoms with Gasteiger partial charge in [0.2, 0.25) is 0 Å². The van der Waals surface area contributed by atoms with Crippen LogP contribution in [0.3, 0.4) is 0 Å². The van der Waals surface area contributed by atoms with Gasteiger partial charge < -0.3 is 9.80 Å². The molecule has 6 aromatic rings. The molecule has 2 saturated heterocycles. The topological polar surface area (TPSA) is 131 Å². The van der Waals surface area contributed by atoms with Gasteiger partial charge in [0, 0.05) is 86.8 Å². The molecule has 0 saturated carbocycles. The number of likely N-dealkylation sites (N-methyl/N-ethyl adjacent to an activating group) is 1. The van der Waals surface area contributed by atoms with Crippen LogP contribution in [0, 0.1) is 11.6 Å². The number of anilines is 4. The maximum Gasteiger partial charge on any atom is 0.266 e. The standard InChI is InChI=1S/C42H42F2N8O4S4/c1-49-33-17-42(51(23-33)21-29-10-6-3-7-11-29)52(32-12-13-50(22-32)20-28-8-4-2-5-9-28)37-19-35(44)39(60(55,56)48-41-25-58-27-46-41)16-31(37)14-30-15-38(34(43)18-36(30)49)59(53,54)47-40-24-57-26-45-40/h2-11,15-16,18-19,24-27,32-33,42,47-48H,12-14,17,20-23H2,1H3. The van der Waals surface area contributed by atoms with Crippen LogP contribution in [-0.2, 0) is 39.6 Å². The second-order valence-electron chi connectivity index (χ2n) is 15.4. The lowest BCUT2D eigenvalue weighted by atomic mass is 9.96. The van der Waals surface area contributed by atoms with Crippen molar-refractivity contribution in [3.05, 3.63) is 141 Å². The number of thiazole rings is 2. The van der Waals surface area contributed by atoms with E-state index in [2.05, 4.69) is 58.4 Å². The molecule has 312 valence electrons. The molecule has 4 aromatic carbocycles. The van der Waals surface area contributed by atoms with Crippen molar-refractivity contribution in [1.29, 1.82) is 0 Å². The van der Waals surface area contributed by atoms with Crippen molar-refractivity contribution in [2.45, 2.75) is 60.4 Å². The third kappa shape index (κ3) is 8.23. The minimum atomic E-state index is -4.48. The highest BCUT2D eigenvalue weighted by Crippen LogP contribution is 2.42. The second kappa shape index (κ2) is 16.5. The molecule has 2 N–H and O–H groups in total. The van der Waals surface area contributed by atoms with E-state index in [1.165, 1.54) is 74.3 Å². The summed E-state index contributed by atoms with van der Waals surface area (Å²) in [6.07, 6.45) is 1.05. The van der Waals surface area contributed by atoms with E-state index in [4.69, 9.17) is 0 Å². The van der Waals surface area contributed by atoms with Crippen molar-refractivity contribution in [3.63, 3.8) is 0 Å². The average molecular weight is 889 g/mol. The Kier molecular flexibility index (Phi) is 11.1. The molecule has 2 aromatic heterocycles. The Hall–Kier alpha value is -4.98. The number of aromatic nitrogens is 2. The van der Waals surface area contributed by atoms with Gasteiger partial charge in [-0.05, 0) is 52.9 Å². The van der Waals surface area contributed by atoms with E-state index < -0.39 is 41.5 Å². The third-order valence-electron chi connectivity index (χ3n) is 11.6. The number of fused-ring (bicyclic) bond motifs is 4. The van der Waals surface area contributed by atoms with Crippen LogP contribution >= 0.6 is 22.7 Å². The van der Waals surface area contributed by atoms with Gasteiger partial charge in [-0.2, -0.15) is 0 Å². The van der Waals surface area contributed by atoms with Crippen LogP contribution in [0.5, 0.6) is 0 Å². The summed E-state index contributed by atoms with van der Waals surface area (Å²) in [7, 11) is -7.05. The quantitative estimate of drug-likeness (QED) is 0.138. The summed E-state index contributed by atoms with van der Waals surface area (Å²) in [6.45, 7) is 3.35. The lowest BCUT2D eigenvalue weighted by Crippen LogP contribution is -2.51. The maximum atomic E-state index is 16.8. The van der Waals surface area contributed by atoms with Gasteiger partial charge >= 0.3 is 0 Å². The summed E-state index contributed by atoms with van der Waals surface area (Å²) in [4.78, 5) is 15.9. The van der Waals surface area contributed by atoms with Crippen LogP contribution < -0.4 is 19.2 Å². The highest BCUT2D eigenvalue weighted by atomic mass is 32.2. The van der Waals surface area contributed by atoms with Gasteiger partial charge in [-0.25, -0.2) is 35.6 Å². The number of hydrogen-bond donors (Lipinski definition) is 2. The molecule has 60 heavy (non-hydrogen) atoms. The molecule has 0 spiro atoms. The molecular weight excluding hydrogens is 847 g/mol. The second-order valence-corrected chi connectivity index (χ2v) is 20.2. The SMILES string of the molecule is CN1c2cc(F)c(S(=O)(=O)Nc3cscn3)cc2Cc2cc(S(=O)(=O)Nc3cscn3)c(F)cc2N(C2CCN(Cc3ccccc3)C2)C2CC1CN2Cc1ccccc1. The molecule has 12 nitrogen and oxygen atoms in total. The molecule has 18 heteroatoms. The van der Waals surface area contributed by atoms with Crippen LogP contribution in [0.15, 0.2) is 117 Å². The van der Waals surface area contributed by atoms with Crippen molar-refractivity contribution in [1.82, 2.24) is 19.8 Å². The smallest absolute Gasteiger partial charge is 0.266 e. The van der Waals surface area contributed by atoms with E-state index >= 15 is 8.78 Å². The zero-order chi connectivity index (χ0) is 41.6. The Bertz CT molecular complexity index is 2690. The number of sulfonamides is 2. The molecule has 2 fully saturated rings. The van der Waals surface area contributed by atoms with Crippen molar-refractivity contribution in [2.24, 2.45) is 0 Å². The van der Waals surface area contributed by atoms with E-state index in [9.17, 15) is 16.8 Å². The summed E-state index contributed by atoms with van der Waals surface area (Å²) in [5, 5.41) is 3.02. The van der Waals surface area contributed by atoms with Gasteiger partial charge in [0.25, 0.3) is 20.0 Å². The first-order valence-corrected chi connectivity index (χ1v) is 24.3. The predicted octanol–water partition coefficient (Wildman–Crippen LogP) is 7.20. The van der Waals surface area contributed by atoms with Crippen molar-refractivity contribution < 1.29 is 25.6 Å². The largest absolute Gasteiger partial charge is 0.370 e. The lowest BCUT2D eigenvalue weighted by molar-refractivity contribution is 0.222. The minimum absolute atomic E-state index is 0.0386. The van der Waals surface area contributed by atoms with E-state index in [1.807, 2.05) is 48.3 Å². The van der Waals surface area contributed by atoms with Gasteiger partial charge in [-0.15, -0.1) is 22.7 Å². The average Bonchev–Trinajstić information content (AvgIpc) is 4.07. The Morgan fingerprint density at radius 2 is 1.27 bits per heavy atom. The molecule has 9 rings (SSSR count). The zero-order valence-electron chi connectivity index (χ0n) is 32.5. The van der Waals surface area contributed by atoms with Crippen molar-refractivity contribution in [2.75, 3.05) is 45.9 Å². The molecule has 5 heterocycles. The van der Waals surface area contributed by atoms with Crippen LogP contribution in [0.25, 0.3) is 0 Å². The van der Waals surface area contributed by atoms with E-state index in [0.29, 0.717) is 48.6 Å². The summed E-state index contributed by atoms with van der Waals surface area (Å²) < 4.78 is 93.2. The predicted molar refractivity (Wildman–Crippen MR) is 232 cm³/mol. The molecule has 3 aliphatic rings. The molecular formula is C42H42F2N8O4S4. The van der Waals surface area contributed by atoms with Gasteiger partial charge in [0.1, 0.15) is 21.4 Å². The van der Waals surface area contributed by atoms with Gasteiger partial charge in [0.05, 0.1) is 17.2 Å². The molecule has 3 atom stereocenters. The fourth-order valence-electron chi connectivity index (χ4n) is 8.79. The molecule has 3 aliphatic heterocycles. The van der Waals surface area contributed by atoms with E-state index in [1.54, 1.807) is 0 Å². The molecule has 0 radical (unpaired) electrons. The number of likely N-dealkylation sites (tertiary alicyclic amines) is 2. The monoisotopic (exact) mass is 888 g/mol. The number of nitrogens with zero attached hydrogens (tertiary/aromatic N) is 6. The number of benzene rings is 4. The maximum absolute atomic E-state index is 16.8. The Labute approximate surface area is 356 Å². The first-order valence-electron chi connectivity index (χ1n) is 19.4. The van der Waals surface area contributed by atoms with Crippen LogP contribution in [-0.4, -0.2) is 81.5 Å². The van der Waals surface area contributed by atoms with Crippen LogP contribution in [0.4, 0.5) is 31.8 Å². The Morgan fingerprint density at radius 3 is 1.83 bits per heavy atom. The summed E-state index contributed by atoms with van der Waals surface area (Å²) >= 11 is 2.38. The van der Waals surface area contributed by atoms with Crippen LogP contribution in [0.1, 0.15) is 35.1 Å². The number of nitrogens with one attached hydrogen (secondary N) is 2. The van der Waals surface area contributed by atoms with Crippen molar-refractivity contribution in [3.8, 4) is 0 Å². The van der Waals surface area contributed by atoms with E-state index in [-0.39, 0.29) is 36.3 Å². The highest BCUT2D eigenvalue weighted by molar-refractivity contribution is 7.93. The highest BCUT2D eigenvalue weighted by Gasteiger charge is 2.44. The van der Waals surface area contributed by atoms with Crippen molar-refractivity contribution >= 4 is 65.7 Å². The van der Waals surface area contributed by atoms with Gasteiger partial charge in [-0.3, -0.25) is 19.2 Å². The summed E-state index contributed by atoms with van der Waals surface area (Å²) in [5.74, 6) is -1.76. The first kappa shape index (κ1) is 40.4. The zero-order valence-corrected chi connectivity index (χ0v) is 35.8. The molecule has 0 aliphatic carbocycles. The molecule has 2 bridgehead atoms.